The van der Waals surface area contributed by atoms with Crippen molar-refractivity contribution in [2.24, 2.45) is 0 Å². The summed E-state index contributed by atoms with van der Waals surface area (Å²) < 4.78 is 0. The third-order valence-electron chi connectivity index (χ3n) is 3.67. The Morgan fingerprint density at radius 1 is 1.20 bits per heavy atom. The molecule has 0 amide bonds. The average Bonchev–Trinajstić information content (AvgIpc) is 2.63. The van der Waals surface area contributed by atoms with Crippen LogP contribution in [0.4, 0.5) is 11.5 Å². The zero-order valence-electron chi connectivity index (χ0n) is 13.3. The fraction of sp³-hybridized carbons (Fsp3) is 0.0556. The summed E-state index contributed by atoms with van der Waals surface area (Å²) in [6.45, 7) is 0. The average molecular weight is 352 g/mol. The second kappa shape index (κ2) is 6.67. The number of nitriles is 1. The molecule has 3 rings (SSSR count). The normalized spacial score (nSPS) is 10.3. The van der Waals surface area contributed by atoms with Crippen LogP contribution in [-0.2, 0) is 0 Å². The van der Waals surface area contributed by atoms with Crippen LogP contribution in [0.5, 0.6) is 5.75 Å². The van der Waals surface area contributed by atoms with Crippen LogP contribution in [-0.4, -0.2) is 22.1 Å². The molecule has 0 atom stereocenters. The molecular formula is C18H14ClN5O. The van der Waals surface area contributed by atoms with E-state index in [2.05, 4.69) is 15.3 Å². The highest BCUT2D eigenvalue weighted by atomic mass is 35.5. The number of benzene rings is 2. The fourth-order valence-corrected chi connectivity index (χ4v) is 2.60. The van der Waals surface area contributed by atoms with Gasteiger partial charge in [-0.2, -0.15) is 5.26 Å². The lowest BCUT2D eigenvalue weighted by molar-refractivity contribution is 0.477. The first-order valence-electron chi connectivity index (χ1n) is 7.38. The van der Waals surface area contributed by atoms with Crippen LogP contribution in [0.3, 0.4) is 0 Å². The maximum atomic E-state index is 10.1. The van der Waals surface area contributed by atoms with Crippen LogP contribution in [0.2, 0.25) is 5.02 Å². The van der Waals surface area contributed by atoms with Crippen molar-refractivity contribution < 1.29 is 5.11 Å². The molecule has 124 valence electrons. The number of nitrogen functional groups attached to an aromatic ring is 1. The van der Waals surface area contributed by atoms with Gasteiger partial charge in [0.1, 0.15) is 23.2 Å². The number of phenolic OH excluding ortho intramolecular Hbond substituents is 1. The number of nitrogens with two attached hydrogens (primary N) is 1. The number of aromatic hydroxyl groups is 1. The molecule has 0 aliphatic rings. The summed E-state index contributed by atoms with van der Waals surface area (Å²) in [7, 11) is 1.80. The molecule has 0 fully saturated rings. The van der Waals surface area contributed by atoms with Gasteiger partial charge in [-0.25, -0.2) is 9.97 Å². The Bertz CT molecular complexity index is 997. The van der Waals surface area contributed by atoms with Gasteiger partial charge in [0.2, 0.25) is 0 Å². The van der Waals surface area contributed by atoms with E-state index in [9.17, 15) is 10.4 Å². The first-order chi connectivity index (χ1) is 12.0. The van der Waals surface area contributed by atoms with Gasteiger partial charge in [0.05, 0.1) is 11.3 Å². The van der Waals surface area contributed by atoms with E-state index in [0.717, 1.165) is 5.69 Å². The summed E-state index contributed by atoms with van der Waals surface area (Å²) in [5, 5.41) is 23.0. The molecule has 0 radical (unpaired) electrons. The molecule has 0 saturated carbocycles. The van der Waals surface area contributed by atoms with E-state index in [1.165, 1.54) is 6.07 Å². The Hall–Kier alpha value is -3.30. The van der Waals surface area contributed by atoms with E-state index < -0.39 is 0 Å². The minimum absolute atomic E-state index is 0.0246. The van der Waals surface area contributed by atoms with E-state index >= 15 is 0 Å². The van der Waals surface area contributed by atoms with Crippen LogP contribution in [0.15, 0.2) is 42.5 Å². The van der Waals surface area contributed by atoms with Crippen molar-refractivity contribution in [1.29, 1.82) is 5.26 Å². The molecule has 0 aliphatic heterocycles. The molecule has 4 N–H and O–H groups in total. The van der Waals surface area contributed by atoms with Crippen LogP contribution >= 0.6 is 11.6 Å². The molecule has 0 saturated heterocycles. The maximum absolute atomic E-state index is 10.1. The smallest absolute Gasteiger partial charge is 0.166 e. The number of nitrogens with one attached hydrogen (secondary N) is 1. The standard InChI is InChI=1S/C18H14ClN5O/c1-22-12-4-2-3-10(7-12)16-14(9-20)17(21)24-18(23-16)13-8-11(19)5-6-15(13)25/h2-8,22,25H,1H3,(H2,21,23,24). The molecule has 25 heavy (non-hydrogen) atoms. The third kappa shape index (κ3) is 3.18. The molecule has 1 heterocycles. The highest BCUT2D eigenvalue weighted by Crippen LogP contribution is 2.33. The van der Waals surface area contributed by atoms with Gasteiger partial charge in [0, 0.05) is 23.3 Å². The quantitative estimate of drug-likeness (QED) is 0.664. The predicted octanol–water partition coefficient (Wildman–Crippen LogP) is 3.67. The Kier molecular flexibility index (Phi) is 4.42. The molecule has 0 spiro atoms. The summed E-state index contributed by atoms with van der Waals surface area (Å²) in [5.74, 6) is 0.210. The largest absolute Gasteiger partial charge is 0.507 e. The lowest BCUT2D eigenvalue weighted by Crippen LogP contribution is -2.03. The van der Waals surface area contributed by atoms with Crippen molar-refractivity contribution in [3.63, 3.8) is 0 Å². The first kappa shape index (κ1) is 16.6. The van der Waals surface area contributed by atoms with Gasteiger partial charge in [0.15, 0.2) is 5.82 Å². The second-order valence-corrected chi connectivity index (χ2v) is 5.70. The van der Waals surface area contributed by atoms with Crippen LogP contribution in [0, 0.1) is 11.3 Å². The Labute approximate surface area is 149 Å². The lowest BCUT2D eigenvalue weighted by atomic mass is 10.1. The van der Waals surface area contributed by atoms with Gasteiger partial charge in [-0.05, 0) is 30.3 Å². The van der Waals surface area contributed by atoms with Gasteiger partial charge in [-0.1, -0.05) is 23.7 Å². The summed E-state index contributed by atoms with van der Waals surface area (Å²) in [4.78, 5) is 8.62. The number of phenols is 1. The summed E-state index contributed by atoms with van der Waals surface area (Å²) in [6, 6.07) is 14.0. The summed E-state index contributed by atoms with van der Waals surface area (Å²) >= 11 is 6.00. The number of anilines is 2. The van der Waals surface area contributed by atoms with E-state index in [0.29, 0.717) is 21.8 Å². The monoisotopic (exact) mass is 351 g/mol. The van der Waals surface area contributed by atoms with Crippen molar-refractivity contribution in [2.75, 3.05) is 18.1 Å². The highest BCUT2D eigenvalue weighted by molar-refractivity contribution is 6.30. The molecule has 0 unspecified atom stereocenters. The fourth-order valence-electron chi connectivity index (χ4n) is 2.43. The molecule has 0 bridgehead atoms. The molecule has 3 aromatic rings. The van der Waals surface area contributed by atoms with E-state index in [-0.39, 0.29) is 23.0 Å². The van der Waals surface area contributed by atoms with Gasteiger partial charge < -0.3 is 16.2 Å². The Balaban J connectivity index is 2.26. The summed E-state index contributed by atoms with van der Waals surface area (Å²) in [6.07, 6.45) is 0. The van der Waals surface area contributed by atoms with Gasteiger partial charge >= 0.3 is 0 Å². The lowest BCUT2D eigenvalue weighted by Gasteiger charge is -2.11. The molecule has 7 heteroatoms. The molecule has 6 nitrogen and oxygen atoms in total. The zero-order valence-corrected chi connectivity index (χ0v) is 14.0. The zero-order chi connectivity index (χ0) is 18.0. The van der Waals surface area contributed by atoms with Crippen molar-refractivity contribution in [2.45, 2.75) is 0 Å². The number of hydrogen-bond donors (Lipinski definition) is 3. The topological polar surface area (TPSA) is 108 Å². The number of rotatable bonds is 3. The number of aromatic nitrogens is 2. The second-order valence-electron chi connectivity index (χ2n) is 5.26. The van der Waals surface area contributed by atoms with Crippen molar-refractivity contribution in [3.8, 4) is 34.5 Å². The van der Waals surface area contributed by atoms with Crippen LogP contribution in [0.25, 0.3) is 22.6 Å². The van der Waals surface area contributed by atoms with Crippen LogP contribution < -0.4 is 11.1 Å². The number of halogens is 1. The first-order valence-corrected chi connectivity index (χ1v) is 7.76. The van der Waals surface area contributed by atoms with E-state index in [4.69, 9.17) is 17.3 Å². The molecule has 2 aromatic carbocycles. The maximum Gasteiger partial charge on any atom is 0.166 e. The minimum Gasteiger partial charge on any atom is -0.507 e. The summed E-state index contributed by atoms with van der Waals surface area (Å²) in [5.41, 5.74) is 8.45. The van der Waals surface area contributed by atoms with E-state index in [1.54, 1.807) is 19.2 Å². The predicted molar refractivity (Wildman–Crippen MR) is 98.3 cm³/mol. The van der Waals surface area contributed by atoms with Gasteiger partial charge in [0.25, 0.3) is 0 Å². The van der Waals surface area contributed by atoms with Crippen molar-refractivity contribution in [3.05, 3.63) is 53.1 Å². The third-order valence-corrected chi connectivity index (χ3v) is 3.91. The Morgan fingerprint density at radius 2 is 2.00 bits per heavy atom. The molecular weight excluding hydrogens is 338 g/mol. The van der Waals surface area contributed by atoms with Crippen LogP contribution in [0.1, 0.15) is 5.56 Å². The van der Waals surface area contributed by atoms with Gasteiger partial charge in [-0.3, -0.25) is 0 Å². The molecule has 1 aromatic heterocycles. The van der Waals surface area contributed by atoms with Crippen molar-refractivity contribution >= 4 is 23.1 Å². The Morgan fingerprint density at radius 3 is 2.72 bits per heavy atom. The van der Waals surface area contributed by atoms with E-state index in [1.807, 2.05) is 30.3 Å². The minimum atomic E-state index is -0.0246. The molecule has 0 aliphatic carbocycles. The number of hydrogen-bond acceptors (Lipinski definition) is 6. The SMILES string of the molecule is CNc1cccc(-c2nc(-c3cc(Cl)ccc3O)nc(N)c2C#N)c1. The highest BCUT2D eigenvalue weighted by Gasteiger charge is 2.17. The number of nitrogens with zero attached hydrogens (tertiary/aromatic N) is 3. The van der Waals surface area contributed by atoms with Crippen molar-refractivity contribution in [1.82, 2.24) is 9.97 Å². The van der Waals surface area contributed by atoms with Gasteiger partial charge in [-0.15, -0.1) is 0 Å².